The number of ether oxygens (including phenoxy) is 1. The molecular weight excluding hydrogens is 572 g/mol. The van der Waals surface area contributed by atoms with Crippen molar-refractivity contribution in [1.82, 2.24) is 38.5 Å². The number of H-pyrrole nitrogens is 1. The number of β-amino-alcohol motifs (C(OH)–C–C–N with tert-alkyl or cyclic N) is 1. The first-order valence-corrected chi connectivity index (χ1v) is 16.2. The molecule has 3 aromatic heterocycles. The van der Waals surface area contributed by atoms with Crippen molar-refractivity contribution in [2.24, 2.45) is 7.05 Å². The molecule has 0 amide bonds. The molecule has 13 nitrogen and oxygen atoms in total. The van der Waals surface area contributed by atoms with E-state index in [1.807, 2.05) is 35.0 Å². The van der Waals surface area contributed by atoms with Gasteiger partial charge in [0.25, 0.3) is 5.56 Å². The van der Waals surface area contributed by atoms with Crippen LogP contribution in [0.15, 0.2) is 34.2 Å². The molecule has 43 heavy (non-hydrogen) atoms. The molecule has 0 unspecified atom stereocenters. The molecule has 0 atom stereocenters. The summed E-state index contributed by atoms with van der Waals surface area (Å²) in [6, 6.07) is 4.70. The van der Waals surface area contributed by atoms with E-state index in [4.69, 9.17) is 9.72 Å². The molecule has 0 aliphatic carbocycles. The highest BCUT2D eigenvalue weighted by molar-refractivity contribution is 7.89. The zero-order valence-electron chi connectivity index (χ0n) is 25.2. The molecule has 1 fully saturated rings. The van der Waals surface area contributed by atoms with Crippen LogP contribution < -0.4 is 10.3 Å². The Morgan fingerprint density at radius 2 is 1.84 bits per heavy atom. The third-order valence-electron chi connectivity index (χ3n) is 7.81. The first kappa shape index (κ1) is 30.9. The summed E-state index contributed by atoms with van der Waals surface area (Å²) in [4.78, 5) is 27.7. The van der Waals surface area contributed by atoms with Crippen molar-refractivity contribution in [3.8, 4) is 17.1 Å². The molecular formula is C29H40N8O5S. The second-order valence-electron chi connectivity index (χ2n) is 10.8. The normalized spacial score (nSPS) is 15.0. The number of imidazole rings is 1. The minimum atomic E-state index is -3.83. The summed E-state index contributed by atoms with van der Waals surface area (Å²) in [5.41, 5.74) is 3.39. The summed E-state index contributed by atoms with van der Waals surface area (Å²) in [6.07, 6.45) is 3.98. The SMILES string of the molecule is CCCOc1ccc(S(=O)(=O)N2CCN(CCO)CC2)cc1-c1nc2c(CCC)n(Cc3c(C)ncn3C)nc2c(=O)[nH]1. The van der Waals surface area contributed by atoms with Gasteiger partial charge in [0.2, 0.25) is 10.0 Å². The van der Waals surface area contributed by atoms with Crippen molar-refractivity contribution < 1.29 is 18.3 Å². The van der Waals surface area contributed by atoms with Crippen LogP contribution in [0, 0.1) is 6.92 Å². The summed E-state index contributed by atoms with van der Waals surface area (Å²) in [6.45, 7) is 9.11. The van der Waals surface area contributed by atoms with Crippen molar-refractivity contribution in [2.75, 3.05) is 45.9 Å². The highest BCUT2D eigenvalue weighted by Gasteiger charge is 2.30. The van der Waals surface area contributed by atoms with Crippen LogP contribution in [0.1, 0.15) is 43.8 Å². The molecule has 5 rings (SSSR count). The first-order valence-electron chi connectivity index (χ1n) is 14.7. The maximum absolute atomic E-state index is 13.7. The van der Waals surface area contributed by atoms with E-state index in [0.717, 1.165) is 29.9 Å². The lowest BCUT2D eigenvalue weighted by Gasteiger charge is -2.33. The first-order chi connectivity index (χ1) is 20.7. The van der Waals surface area contributed by atoms with Crippen LogP contribution in [0.5, 0.6) is 5.75 Å². The fourth-order valence-corrected chi connectivity index (χ4v) is 6.87. The van der Waals surface area contributed by atoms with Gasteiger partial charge >= 0.3 is 0 Å². The van der Waals surface area contributed by atoms with E-state index >= 15 is 0 Å². The lowest BCUT2D eigenvalue weighted by molar-refractivity contribution is 0.151. The second kappa shape index (κ2) is 13.0. The fourth-order valence-electron chi connectivity index (χ4n) is 5.42. The number of aliphatic hydroxyl groups is 1. The molecule has 4 aromatic rings. The number of hydrogen-bond acceptors (Lipinski definition) is 9. The van der Waals surface area contributed by atoms with Crippen molar-refractivity contribution in [2.45, 2.75) is 51.5 Å². The average molecular weight is 613 g/mol. The van der Waals surface area contributed by atoms with Crippen molar-refractivity contribution >= 4 is 21.1 Å². The van der Waals surface area contributed by atoms with Crippen LogP contribution in [0.2, 0.25) is 0 Å². The van der Waals surface area contributed by atoms with Gasteiger partial charge in [-0.3, -0.25) is 14.4 Å². The highest BCUT2D eigenvalue weighted by Crippen LogP contribution is 2.32. The third-order valence-corrected chi connectivity index (χ3v) is 9.70. The molecule has 1 aliphatic heterocycles. The molecule has 232 valence electrons. The lowest BCUT2D eigenvalue weighted by Crippen LogP contribution is -2.49. The van der Waals surface area contributed by atoms with E-state index in [1.54, 1.807) is 12.4 Å². The van der Waals surface area contributed by atoms with E-state index in [0.29, 0.717) is 69.1 Å². The van der Waals surface area contributed by atoms with Crippen LogP contribution >= 0.6 is 0 Å². The smallest absolute Gasteiger partial charge is 0.279 e. The quantitative estimate of drug-likeness (QED) is 0.244. The van der Waals surface area contributed by atoms with Gasteiger partial charge in [-0.25, -0.2) is 18.4 Å². The largest absolute Gasteiger partial charge is 0.493 e. The number of aryl methyl sites for hydroxylation is 3. The van der Waals surface area contributed by atoms with Gasteiger partial charge in [0, 0.05) is 39.8 Å². The molecule has 0 bridgehead atoms. The van der Waals surface area contributed by atoms with Crippen LogP contribution in [-0.4, -0.2) is 98.0 Å². The fraction of sp³-hybridized carbons (Fsp3) is 0.517. The topological polar surface area (TPSA) is 151 Å². The molecule has 4 heterocycles. The van der Waals surface area contributed by atoms with E-state index in [1.165, 1.54) is 16.4 Å². The number of aromatic amines is 1. The Kier molecular flexibility index (Phi) is 9.30. The van der Waals surface area contributed by atoms with Gasteiger partial charge in [-0.1, -0.05) is 20.3 Å². The monoisotopic (exact) mass is 612 g/mol. The molecule has 0 radical (unpaired) electrons. The van der Waals surface area contributed by atoms with Crippen LogP contribution in [-0.2, 0) is 30.0 Å². The molecule has 1 aromatic carbocycles. The van der Waals surface area contributed by atoms with E-state index < -0.39 is 15.6 Å². The van der Waals surface area contributed by atoms with E-state index in [-0.39, 0.29) is 22.8 Å². The molecule has 1 saturated heterocycles. The standard InChI is InChI=1S/C29H40N8O5S/c1-5-7-23-26-27(33-37(23)18-24-20(3)30-19-34(24)4)29(39)32-28(31-26)22-17-21(8-9-25(22)42-16-6-2)43(40,41)36-12-10-35(11-13-36)14-15-38/h8-9,17,19,38H,5-7,10-16,18H2,1-4H3,(H,31,32,39). The Morgan fingerprint density at radius 1 is 1.07 bits per heavy atom. The Hall–Kier alpha value is -3.59. The summed E-state index contributed by atoms with van der Waals surface area (Å²) in [5.74, 6) is 0.660. The summed E-state index contributed by atoms with van der Waals surface area (Å²) in [7, 11) is -1.90. The number of benzene rings is 1. The zero-order chi connectivity index (χ0) is 30.7. The molecule has 0 saturated carbocycles. The maximum atomic E-state index is 13.7. The molecule has 1 aliphatic rings. The number of nitrogens with zero attached hydrogens (tertiary/aromatic N) is 7. The number of fused-ring (bicyclic) bond motifs is 1. The molecule has 2 N–H and O–H groups in total. The average Bonchev–Trinajstić information content (AvgIpc) is 3.51. The van der Waals surface area contributed by atoms with Crippen LogP contribution in [0.25, 0.3) is 22.4 Å². The summed E-state index contributed by atoms with van der Waals surface area (Å²) >= 11 is 0. The Labute approximate surface area is 251 Å². The minimum absolute atomic E-state index is 0.0344. The van der Waals surface area contributed by atoms with Gasteiger partial charge in [-0.05, 0) is 38.0 Å². The molecule has 0 spiro atoms. The van der Waals surface area contributed by atoms with E-state index in [9.17, 15) is 18.3 Å². The Morgan fingerprint density at radius 3 is 2.49 bits per heavy atom. The minimum Gasteiger partial charge on any atom is -0.493 e. The number of hydrogen-bond donors (Lipinski definition) is 2. The van der Waals surface area contributed by atoms with Gasteiger partial charge in [0.15, 0.2) is 5.52 Å². The summed E-state index contributed by atoms with van der Waals surface area (Å²) in [5, 5.41) is 13.9. The predicted molar refractivity (Wildman–Crippen MR) is 163 cm³/mol. The van der Waals surface area contributed by atoms with Gasteiger partial charge < -0.3 is 19.4 Å². The number of piperazine rings is 1. The van der Waals surface area contributed by atoms with Gasteiger partial charge in [0.05, 0.1) is 53.6 Å². The third kappa shape index (κ3) is 6.23. The Balaban J connectivity index is 1.58. The van der Waals surface area contributed by atoms with Gasteiger partial charge in [-0.15, -0.1) is 0 Å². The highest BCUT2D eigenvalue weighted by atomic mass is 32.2. The second-order valence-corrected chi connectivity index (χ2v) is 12.8. The number of rotatable bonds is 12. The predicted octanol–water partition coefficient (Wildman–Crippen LogP) is 1.92. The van der Waals surface area contributed by atoms with Crippen molar-refractivity contribution in [1.29, 1.82) is 0 Å². The van der Waals surface area contributed by atoms with Gasteiger partial charge in [0.1, 0.15) is 17.1 Å². The maximum Gasteiger partial charge on any atom is 0.279 e. The lowest BCUT2D eigenvalue weighted by atomic mass is 10.1. The number of sulfonamides is 1. The van der Waals surface area contributed by atoms with Gasteiger partial charge in [-0.2, -0.15) is 9.40 Å². The molecule has 14 heteroatoms. The number of nitrogens with one attached hydrogen (secondary N) is 1. The van der Waals surface area contributed by atoms with Crippen LogP contribution in [0.4, 0.5) is 0 Å². The van der Waals surface area contributed by atoms with E-state index in [2.05, 4.69) is 22.0 Å². The zero-order valence-corrected chi connectivity index (χ0v) is 26.0. The summed E-state index contributed by atoms with van der Waals surface area (Å²) < 4.78 is 38.6. The van der Waals surface area contributed by atoms with Crippen molar-refractivity contribution in [3.05, 3.63) is 52.0 Å². The van der Waals surface area contributed by atoms with Crippen molar-refractivity contribution in [3.63, 3.8) is 0 Å². The Bertz CT molecular complexity index is 1730. The van der Waals surface area contributed by atoms with Crippen LogP contribution in [0.3, 0.4) is 0 Å². The number of aliphatic hydroxyl groups excluding tert-OH is 1. The number of aromatic nitrogens is 6.